The van der Waals surface area contributed by atoms with Crippen molar-refractivity contribution in [2.24, 2.45) is 10.9 Å². The van der Waals surface area contributed by atoms with Crippen molar-refractivity contribution in [3.63, 3.8) is 0 Å². The lowest BCUT2D eigenvalue weighted by atomic mass is 9.86. The summed E-state index contributed by atoms with van der Waals surface area (Å²) in [5.74, 6) is 1.19. The van der Waals surface area contributed by atoms with E-state index in [9.17, 15) is 10.1 Å². The SMILES string of the molecule is C=C(c1ccn(C2(CC#N)CN(C(=O)OC(C)(C)C)C2)c1)c1ccn(COCC[Si](C)(C)C)c1N=CC(C)CC. The molecule has 2 aromatic heterocycles. The predicted molar refractivity (Wildman–Crippen MR) is 165 cm³/mol. The topological polar surface area (TPSA) is 84.8 Å². The van der Waals surface area contributed by atoms with Crippen LogP contribution in [0.5, 0.6) is 0 Å². The standard InChI is InChI=1S/C31H47N5O3Si/c1-10-24(2)19-33-28-27(12-15-34(28)23-38-17-18-40(7,8)9)25(3)26-11-16-36(20-26)31(13-14-32)21-35(22-31)29(37)39-30(4,5)6/h11-12,15-16,19-20,24H,3,10,13,17-18,21-23H2,1-2,4-9H3. The molecule has 1 amide bonds. The van der Waals surface area contributed by atoms with Crippen LogP contribution in [0.15, 0.2) is 42.3 Å². The van der Waals surface area contributed by atoms with E-state index in [2.05, 4.69) is 50.7 Å². The van der Waals surface area contributed by atoms with E-state index in [4.69, 9.17) is 14.5 Å². The zero-order chi connectivity index (χ0) is 29.7. The lowest BCUT2D eigenvalue weighted by molar-refractivity contribution is -0.0275. The van der Waals surface area contributed by atoms with Crippen LogP contribution >= 0.6 is 0 Å². The number of ether oxygens (including phenoxy) is 2. The lowest BCUT2D eigenvalue weighted by Gasteiger charge is -2.49. The van der Waals surface area contributed by atoms with Crippen LogP contribution in [0.1, 0.15) is 58.6 Å². The molecule has 0 saturated carbocycles. The number of aliphatic imine (C=N–C) groups is 1. The Bertz CT molecular complexity index is 1250. The Labute approximate surface area is 241 Å². The second-order valence-electron chi connectivity index (χ2n) is 13.2. The number of likely N-dealkylation sites (tertiary alicyclic amines) is 1. The van der Waals surface area contributed by atoms with Gasteiger partial charge in [-0.2, -0.15) is 5.26 Å². The van der Waals surface area contributed by atoms with Crippen molar-refractivity contribution in [3.05, 3.63) is 48.4 Å². The number of carbonyl (C=O) groups excluding carboxylic acids is 1. The lowest BCUT2D eigenvalue weighted by Crippen LogP contribution is -2.64. The van der Waals surface area contributed by atoms with E-state index < -0.39 is 19.2 Å². The van der Waals surface area contributed by atoms with Crippen LogP contribution in [0.2, 0.25) is 25.7 Å². The maximum absolute atomic E-state index is 12.6. The highest BCUT2D eigenvalue weighted by atomic mass is 28.3. The molecular formula is C31H47N5O3Si. The average Bonchev–Trinajstić information content (AvgIpc) is 3.48. The number of nitriles is 1. The normalized spacial score (nSPS) is 16.0. The van der Waals surface area contributed by atoms with Gasteiger partial charge in [0.25, 0.3) is 0 Å². The fourth-order valence-electron chi connectivity index (χ4n) is 4.45. The van der Waals surface area contributed by atoms with Crippen molar-refractivity contribution in [2.75, 3.05) is 19.7 Å². The molecule has 8 nitrogen and oxygen atoms in total. The van der Waals surface area contributed by atoms with E-state index in [0.29, 0.717) is 32.2 Å². The Hall–Kier alpha value is -3.09. The second kappa shape index (κ2) is 12.6. The number of nitrogens with zero attached hydrogens (tertiary/aromatic N) is 5. The molecule has 0 N–H and O–H groups in total. The molecule has 0 radical (unpaired) electrons. The monoisotopic (exact) mass is 565 g/mol. The number of aromatic nitrogens is 2. The molecule has 9 heteroatoms. The van der Waals surface area contributed by atoms with E-state index in [0.717, 1.165) is 41.6 Å². The second-order valence-corrected chi connectivity index (χ2v) is 18.8. The third kappa shape index (κ3) is 7.98. The van der Waals surface area contributed by atoms with Crippen molar-refractivity contribution < 1.29 is 14.3 Å². The fourth-order valence-corrected chi connectivity index (χ4v) is 5.21. The largest absolute Gasteiger partial charge is 0.444 e. The predicted octanol–water partition coefficient (Wildman–Crippen LogP) is 7.27. The summed E-state index contributed by atoms with van der Waals surface area (Å²) in [6.07, 6.45) is 8.96. The molecule has 3 rings (SSSR count). The highest BCUT2D eigenvalue weighted by Gasteiger charge is 2.47. The van der Waals surface area contributed by atoms with E-state index in [-0.39, 0.29) is 6.09 Å². The molecule has 1 aliphatic heterocycles. The van der Waals surface area contributed by atoms with Gasteiger partial charge >= 0.3 is 6.09 Å². The molecule has 1 unspecified atom stereocenters. The first kappa shape index (κ1) is 31.4. The number of amides is 1. The van der Waals surface area contributed by atoms with E-state index >= 15 is 0 Å². The molecule has 1 saturated heterocycles. The van der Waals surface area contributed by atoms with Gasteiger partial charge in [0.05, 0.1) is 31.1 Å². The Kier molecular flexibility index (Phi) is 9.91. The number of hydrogen-bond donors (Lipinski definition) is 0. The maximum Gasteiger partial charge on any atom is 0.410 e. The highest BCUT2D eigenvalue weighted by molar-refractivity contribution is 6.76. The van der Waals surface area contributed by atoms with Gasteiger partial charge < -0.3 is 23.5 Å². The summed E-state index contributed by atoms with van der Waals surface area (Å²) in [5.41, 5.74) is 1.70. The zero-order valence-electron chi connectivity index (χ0n) is 25.7. The number of carbonyl (C=O) groups is 1. The minimum Gasteiger partial charge on any atom is -0.444 e. The summed E-state index contributed by atoms with van der Waals surface area (Å²) in [4.78, 5) is 19.1. The molecule has 0 spiro atoms. The third-order valence-corrected chi connectivity index (χ3v) is 8.90. The van der Waals surface area contributed by atoms with Crippen LogP contribution in [-0.4, -0.2) is 59.7 Å². The van der Waals surface area contributed by atoms with Crippen LogP contribution in [0.4, 0.5) is 10.6 Å². The van der Waals surface area contributed by atoms with Gasteiger partial charge in [0.15, 0.2) is 0 Å². The molecule has 3 heterocycles. The van der Waals surface area contributed by atoms with E-state index in [1.165, 1.54) is 0 Å². The van der Waals surface area contributed by atoms with Crippen molar-refractivity contribution in [3.8, 4) is 6.07 Å². The molecule has 0 aromatic carbocycles. The Morgan fingerprint density at radius 1 is 1.27 bits per heavy atom. The first-order valence-corrected chi connectivity index (χ1v) is 17.9. The molecule has 1 aliphatic rings. The zero-order valence-corrected chi connectivity index (χ0v) is 26.7. The molecule has 2 aromatic rings. The first-order valence-electron chi connectivity index (χ1n) is 14.2. The molecule has 1 atom stereocenters. The van der Waals surface area contributed by atoms with Crippen molar-refractivity contribution in [1.29, 1.82) is 5.26 Å². The summed E-state index contributed by atoms with van der Waals surface area (Å²) in [6.45, 7) is 23.4. The maximum atomic E-state index is 12.6. The van der Waals surface area contributed by atoms with Gasteiger partial charge in [0.2, 0.25) is 0 Å². The number of hydrogen-bond acceptors (Lipinski definition) is 5. The van der Waals surface area contributed by atoms with Crippen molar-refractivity contribution >= 4 is 31.8 Å². The fraction of sp³-hybridized carbons (Fsp3) is 0.581. The van der Waals surface area contributed by atoms with Gasteiger partial charge in [-0.3, -0.25) is 0 Å². The summed E-state index contributed by atoms with van der Waals surface area (Å²) in [5, 5.41) is 9.59. The van der Waals surface area contributed by atoms with Gasteiger partial charge in [0, 0.05) is 45.0 Å². The highest BCUT2D eigenvalue weighted by Crippen LogP contribution is 2.37. The molecule has 40 heavy (non-hydrogen) atoms. The molecular weight excluding hydrogens is 518 g/mol. The smallest absolute Gasteiger partial charge is 0.410 e. The van der Waals surface area contributed by atoms with Crippen LogP contribution in [0.3, 0.4) is 0 Å². The van der Waals surface area contributed by atoms with Crippen molar-refractivity contribution in [2.45, 2.75) is 91.0 Å². The van der Waals surface area contributed by atoms with Gasteiger partial charge in [-0.05, 0) is 62.4 Å². The molecule has 0 bridgehead atoms. The molecule has 218 valence electrons. The Morgan fingerprint density at radius 3 is 2.58 bits per heavy atom. The summed E-state index contributed by atoms with van der Waals surface area (Å²) in [6, 6.07) is 7.48. The van der Waals surface area contributed by atoms with Crippen LogP contribution in [0.25, 0.3) is 5.57 Å². The quantitative estimate of drug-likeness (QED) is 0.154. The Balaban J connectivity index is 1.81. The van der Waals surface area contributed by atoms with Crippen LogP contribution < -0.4 is 0 Å². The minimum atomic E-state index is -1.17. The van der Waals surface area contributed by atoms with Gasteiger partial charge in [-0.15, -0.1) is 0 Å². The van der Waals surface area contributed by atoms with Crippen molar-refractivity contribution in [1.82, 2.24) is 14.0 Å². The van der Waals surface area contributed by atoms with E-state index in [1.54, 1.807) is 4.90 Å². The van der Waals surface area contributed by atoms with Gasteiger partial charge in [0.1, 0.15) is 18.1 Å². The van der Waals surface area contributed by atoms with Crippen LogP contribution in [0, 0.1) is 17.2 Å². The van der Waals surface area contributed by atoms with Gasteiger partial charge in [-0.25, -0.2) is 9.79 Å². The number of rotatable bonds is 12. The Morgan fingerprint density at radius 2 is 1.98 bits per heavy atom. The molecule has 1 fully saturated rings. The minimum absolute atomic E-state index is 0.294. The summed E-state index contributed by atoms with van der Waals surface area (Å²) >= 11 is 0. The summed E-state index contributed by atoms with van der Waals surface area (Å²) in [7, 11) is -1.17. The first-order chi connectivity index (χ1) is 18.7. The summed E-state index contributed by atoms with van der Waals surface area (Å²) < 4.78 is 15.7. The third-order valence-electron chi connectivity index (χ3n) is 7.20. The average molecular weight is 566 g/mol. The molecule has 0 aliphatic carbocycles. The van der Waals surface area contributed by atoms with Crippen LogP contribution in [-0.2, 0) is 21.7 Å². The van der Waals surface area contributed by atoms with E-state index in [1.807, 2.05) is 62.3 Å². The van der Waals surface area contributed by atoms with Gasteiger partial charge in [-0.1, -0.05) is 40.1 Å².